The lowest BCUT2D eigenvalue weighted by molar-refractivity contribution is 0.451. The number of rotatable bonds is 4. The smallest absolute Gasteiger partial charge is 0.188 e. The van der Waals surface area contributed by atoms with Crippen molar-refractivity contribution in [1.29, 1.82) is 0 Å². The standard InChI is InChI=1S/C13H20BrFOSi/c1-13(2,17(3,4)16)8-7-10-5-6-11(14)12(15)9-10/h5-6,9,16H,7-8H2,1-4H3. The lowest BCUT2D eigenvalue weighted by atomic mass is 10.0. The maximum Gasteiger partial charge on any atom is 0.188 e. The molecule has 0 atom stereocenters. The second-order valence-electron chi connectivity index (χ2n) is 5.69. The van der Waals surface area contributed by atoms with Gasteiger partial charge >= 0.3 is 0 Å². The summed E-state index contributed by atoms with van der Waals surface area (Å²) in [5, 5.41) is -0.0590. The fourth-order valence-electron chi connectivity index (χ4n) is 1.46. The third-order valence-corrected chi connectivity index (χ3v) is 7.88. The van der Waals surface area contributed by atoms with Crippen LogP contribution < -0.4 is 0 Å². The number of benzene rings is 1. The van der Waals surface area contributed by atoms with Gasteiger partial charge in [-0.15, -0.1) is 0 Å². The molecule has 1 aromatic rings. The quantitative estimate of drug-likeness (QED) is 0.810. The average Bonchev–Trinajstić information content (AvgIpc) is 2.18. The van der Waals surface area contributed by atoms with Crippen molar-refractivity contribution < 1.29 is 9.19 Å². The van der Waals surface area contributed by atoms with Crippen molar-refractivity contribution in [3.05, 3.63) is 34.1 Å². The fourth-order valence-corrected chi connectivity index (χ4v) is 2.44. The van der Waals surface area contributed by atoms with Crippen molar-refractivity contribution in [1.82, 2.24) is 0 Å². The van der Waals surface area contributed by atoms with E-state index >= 15 is 0 Å². The van der Waals surface area contributed by atoms with Gasteiger partial charge in [0, 0.05) is 0 Å². The van der Waals surface area contributed by atoms with Crippen LogP contribution in [0.5, 0.6) is 0 Å². The van der Waals surface area contributed by atoms with Crippen LogP contribution in [0, 0.1) is 5.82 Å². The summed E-state index contributed by atoms with van der Waals surface area (Å²) in [7, 11) is -2.17. The summed E-state index contributed by atoms with van der Waals surface area (Å²) in [5.41, 5.74) is 0.983. The zero-order valence-corrected chi connectivity index (χ0v) is 13.4. The second-order valence-corrected chi connectivity index (χ2v) is 11.0. The first-order valence-electron chi connectivity index (χ1n) is 5.80. The summed E-state index contributed by atoms with van der Waals surface area (Å²) in [6, 6.07) is 5.22. The van der Waals surface area contributed by atoms with Gasteiger partial charge < -0.3 is 4.80 Å². The van der Waals surface area contributed by atoms with E-state index < -0.39 is 8.32 Å². The molecule has 0 radical (unpaired) electrons. The van der Waals surface area contributed by atoms with E-state index in [0.29, 0.717) is 4.47 Å². The van der Waals surface area contributed by atoms with E-state index in [4.69, 9.17) is 0 Å². The van der Waals surface area contributed by atoms with E-state index in [0.717, 1.165) is 18.4 Å². The van der Waals surface area contributed by atoms with Crippen LogP contribution in [0.25, 0.3) is 0 Å². The fraction of sp³-hybridized carbons (Fsp3) is 0.538. The van der Waals surface area contributed by atoms with Gasteiger partial charge in [0.15, 0.2) is 8.32 Å². The average molecular weight is 319 g/mol. The Morgan fingerprint density at radius 2 is 1.94 bits per heavy atom. The summed E-state index contributed by atoms with van der Waals surface area (Å²) in [6.07, 6.45) is 1.68. The van der Waals surface area contributed by atoms with Crippen LogP contribution >= 0.6 is 15.9 Å². The van der Waals surface area contributed by atoms with Gasteiger partial charge in [0.25, 0.3) is 0 Å². The molecule has 1 nitrogen and oxygen atoms in total. The van der Waals surface area contributed by atoms with Gasteiger partial charge in [-0.3, -0.25) is 0 Å². The molecule has 0 saturated carbocycles. The number of hydrogen-bond acceptors (Lipinski definition) is 1. The van der Waals surface area contributed by atoms with Crippen LogP contribution in [0.3, 0.4) is 0 Å². The molecule has 96 valence electrons. The maximum absolute atomic E-state index is 13.3. The Morgan fingerprint density at radius 3 is 2.41 bits per heavy atom. The van der Waals surface area contributed by atoms with Crippen LogP contribution in [-0.2, 0) is 6.42 Å². The van der Waals surface area contributed by atoms with Gasteiger partial charge in [-0.05, 0) is 64.6 Å². The first kappa shape index (κ1) is 14.9. The first-order valence-corrected chi connectivity index (χ1v) is 9.54. The van der Waals surface area contributed by atoms with Gasteiger partial charge in [-0.1, -0.05) is 19.9 Å². The predicted octanol–water partition coefficient (Wildman–Crippen LogP) is 4.50. The maximum atomic E-state index is 13.3. The topological polar surface area (TPSA) is 20.2 Å². The van der Waals surface area contributed by atoms with Gasteiger partial charge in [-0.25, -0.2) is 4.39 Å². The highest BCUT2D eigenvalue weighted by molar-refractivity contribution is 9.10. The molecule has 0 amide bonds. The van der Waals surface area contributed by atoms with E-state index in [1.54, 1.807) is 12.1 Å². The Balaban J connectivity index is 2.71. The lowest BCUT2D eigenvalue weighted by Crippen LogP contribution is -2.39. The Kier molecular flexibility index (Phi) is 4.55. The summed E-state index contributed by atoms with van der Waals surface area (Å²) in [4.78, 5) is 10.2. The molecule has 0 fully saturated rings. The van der Waals surface area contributed by atoms with Crippen molar-refractivity contribution in [2.45, 2.75) is 44.8 Å². The van der Waals surface area contributed by atoms with E-state index in [-0.39, 0.29) is 10.9 Å². The van der Waals surface area contributed by atoms with Crippen molar-refractivity contribution in [3.63, 3.8) is 0 Å². The molecule has 1 aromatic carbocycles. The monoisotopic (exact) mass is 318 g/mol. The normalized spacial score (nSPS) is 12.9. The van der Waals surface area contributed by atoms with Gasteiger partial charge in [0.1, 0.15) is 5.82 Å². The SMILES string of the molecule is CC(C)(CCc1ccc(Br)c(F)c1)[Si](C)(C)O. The molecule has 0 bridgehead atoms. The summed E-state index contributed by atoms with van der Waals surface area (Å²) in [6.45, 7) is 8.09. The third-order valence-electron chi connectivity index (χ3n) is 3.68. The minimum atomic E-state index is -2.17. The molecule has 0 aliphatic heterocycles. The molecule has 0 aliphatic rings. The molecule has 0 aliphatic carbocycles. The summed E-state index contributed by atoms with van der Waals surface area (Å²) < 4.78 is 13.8. The van der Waals surface area contributed by atoms with Crippen LogP contribution in [0.4, 0.5) is 4.39 Å². The lowest BCUT2D eigenvalue weighted by Gasteiger charge is -2.35. The Morgan fingerprint density at radius 1 is 1.35 bits per heavy atom. The van der Waals surface area contributed by atoms with Gasteiger partial charge in [0.2, 0.25) is 0 Å². The molecule has 0 saturated heterocycles. The second kappa shape index (κ2) is 5.20. The molecule has 0 spiro atoms. The van der Waals surface area contributed by atoms with Crippen LogP contribution in [0.1, 0.15) is 25.8 Å². The van der Waals surface area contributed by atoms with Crippen molar-refractivity contribution in [2.24, 2.45) is 0 Å². The summed E-state index contributed by atoms with van der Waals surface area (Å²) >= 11 is 3.14. The molecule has 1 N–H and O–H groups in total. The molecule has 4 heteroatoms. The third kappa shape index (κ3) is 3.90. The number of hydrogen-bond donors (Lipinski definition) is 1. The number of halogens is 2. The van der Waals surface area contributed by atoms with Gasteiger partial charge in [-0.2, -0.15) is 0 Å². The molecular weight excluding hydrogens is 299 g/mol. The Hall–Kier alpha value is -0.193. The zero-order valence-electron chi connectivity index (χ0n) is 10.8. The first-order chi connectivity index (χ1) is 7.63. The van der Waals surface area contributed by atoms with Crippen LogP contribution in [0.2, 0.25) is 18.1 Å². The molecule has 0 aromatic heterocycles. The minimum absolute atomic E-state index is 0.0590. The summed E-state index contributed by atoms with van der Waals surface area (Å²) in [5.74, 6) is -0.221. The highest BCUT2D eigenvalue weighted by atomic mass is 79.9. The molecule has 0 unspecified atom stereocenters. The highest BCUT2D eigenvalue weighted by Crippen LogP contribution is 2.39. The Labute approximate surface area is 112 Å². The zero-order chi connectivity index (χ0) is 13.3. The van der Waals surface area contributed by atoms with Crippen molar-refractivity contribution in [2.75, 3.05) is 0 Å². The highest BCUT2D eigenvalue weighted by Gasteiger charge is 2.37. The molecule has 0 heterocycles. The predicted molar refractivity (Wildman–Crippen MR) is 76.2 cm³/mol. The van der Waals surface area contributed by atoms with Crippen LogP contribution in [0.15, 0.2) is 22.7 Å². The Bertz CT molecular complexity index is 399. The minimum Gasteiger partial charge on any atom is -0.432 e. The van der Waals surface area contributed by atoms with E-state index in [1.807, 2.05) is 19.2 Å². The largest absolute Gasteiger partial charge is 0.432 e. The van der Waals surface area contributed by atoms with Crippen molar-refractivity contribution >= 4 is 24.2 Å². The molecule has 17 heavy (non-hydrogen) atoms. The van der Waals surface area contributed by atoms with Crippen molar-refractivity contribution in [3.8, 4) is 0 Å². The van der Waals surface area contributed by atoms with Crippen LogP contribution in [-0.4, -0.2) is 13.1 Å². The number of aryl methyl sites for hydroxylation is 1. The molecule has 1 rings (SSSR count). The van der Waals surface area contributed by atoms with E-state index in [2.05, 4.69) is 29.8 Å². The molecular formula is C13H20BrFOSi. The van der Waals surface area contributed by atoms with Gasteiger partial charge in [0.05, 0.1) is 4.47 Å². The van der Waals surface area contributed by atoms with E-state index in [1.165, 1.54) is 0 Å². The van der Waals surface area contributed by atoms with E-state index in [9.17, 15) is 9.19 Å².